The third-order valence-corrected chi connectivity index (χ3v) is 4.93. The first kappa shape index (κ1) is 19.4. The number of hydrogen-bond donors (Lipinski definition) is 0. The van der Waals surface area contributed by atoms with E-state index in [1.165, 1.54) is 4.31 Å². The van der Waals surface area contributed by atoms with Crippen molar-refractivity contribution in [2.45, 2.75) is 20.3 Å². The molecule has 0 radical (unpaired) electrons. The first-order valence-corrected chi connectivity index (χ1v) is 9.52. The van der Waals surface area contributed by atoms with Crippen LogP contribution in [-0.2, 0) is 21.2 Å². The smallest absolute Gasteiger partial charge is 0.237 e. The first-order chi connectivity index (χ1) is 10.8. The second kappa shape index (κ2) is 8.88. The highest BCUT2D eigenvalue weighted by Crippen LogP contribution is 2.14. The first-order valence-electron chi connectivity index (χ1n) is 7.67. The molecule has 0 bridgehead atoms. The van der Waals surface area contributed by atoms with Gasteiger partial charge >= 0.3 is 0 Å². The molecule has 0 saturated carbocycles. The molecule has 1 amide bonds. The van der Waals surface area contributed by atoms with E-state index >= 15 is 0 Å². The van der Waals surface area contributed by atoms with Crippen molar-refractivity contribution in [3.63, 3.8) is 0 Å². The summed E-state index contributed by atoms with van der Waals surface area (Å²) in [7, 11) is -1.85. The molecule has 0 saturated heterocycles. The van der Waals surface area contributed by atoms with Crippen molar-refractivity contribution < 1.29 is 17.9 Å². The third kappa shape index (κ3) is 6.19. The molecule has 0 aromatic heterocycles. The Hall–Kier alpha value is -1.60. The van der Waals surface area contributed by atoms with E-state index < -0.39 is 10.0 Å². The molecule has 0 fully saturated rings. The molecule has 0 aliphatic rings. The summed E-state index contributed by atoms with van der Waals surface area (Å²) >= 11 is 0. The van der Waals surface area contributed by atoms with Gasteiger partial charge in [0.25, 0.3) is 0 Å². The summed E-state index contributed by atoms with van der Waals surface area (Å²) in [6.07, 6.45) is 1.66. The summed E-state index contributed by atoms with van der Waals surface area (Å²) in [4.78, 5) is 13.8. The number of amides is 1. The fourth-order valence-corrected chi connectivity index (χ4v) is 3.04. The number of rotatable bonds is 9. The van der Waals surface area contributed by atoms with Crippen LogP contribution in [0.2, 0.25) is 0 Å². The zero-order chi connectivity index (χ0) is 17.5. The number of nitrogens with zero attached hydrogens (tertiary/aromatic N) is 2. The van der Waals surface area contributed by atoms with E-state index in [1.807, 2.05) is 38.1 Å². The van der Waals surface area contributed by atoms with Crippen LogP contribution < -0.4 is 4.74 Å². The summed E-state index contributed by atoms with van der Waals surface area (Å²) in [5, 5.41) is 0. The van der Waals surface area contributed by atoms with Gasteiger partial charge in [-0.3, -0.25) is 4.79 Å². The summed E-state index contributed by atoms with van der Waals surface area (Å²) in [6.45, 7) is 5.04. The van der Waals surface area contributed by atoms with Crippen LogP contribution in [0.3, 0.4) is 0 Å². The van der Waals surface area contributed by atoms with Crippen molar-refractivity contribution in [1.82, 2.24) is 9.21 Å². The van der Waals surface area contributed by atoms with Crippen LogP contribution in [0.5, 0.6) is 5.75 Å². The Bertz CT molecular complexity index is 612. The Balaban J connectivity index is 2.78. The minimum atomic E-state index is -3.44. The minimum absolute atomic E-state index is 0.121. The Labute approximate surface area is 139 Å². The molecule has 0 unspecified atom stereocenters. The molecular formula is C16H26N2O4S. The van der Waals surface area contributed by atoms with Gasteiger partial charge in [0.05, 0.1) is 19.9 Å². The lowest BCUT2D eigenvalue weighted by Gasteiger charge is -2.24. The van der Waals surface area contributed by atoms with Crippen LogP contribution >= 0.6 is 0 Å². The fraction of sp³-hybridized carbons (Fsp3) is 0.562. The molecule has 1 aromatic carbocycles. The van der Waals surface area contributed by atoms with Gasteiger partial charge in [0, 0.05) is 19.6 Å². The van der Waals surface area contributed by atoms with E-state index in [1.54, 1.807) is 12.0 Å². The van der Waals surface area contributed by atoms with Crippen molar-refractivity contribution in [2.24, 2.45) is 0 Å². The SMILES string of the molecule is CCN(CC)C(=O)CN(CCc1cccc(OC)c1)S(C)(=O)=O. The van der Waals surface area contributed by atoms with Crippen molar-refractivity contribution in [1.29, 1.82) is 0 Å². The average molecular weight is 342 g/mol. The third-order valence-electron chi connectivity index (χ3n) is 3.68. The van der Waals surface area contributed by atoms with Gasteiger partial charge in [-0.15, -0.1) is 0 Å². The summed E-state index contributed by atoms with van der Waals surface area (Å²) < 4.78 is 30.3. The van der Waals surface area contributed by atoms with E-state index in [2.05, 4.69) is 0 Å². The number of ether oxygens (including phenoxy) is 1. The molecule has 0 N–H and O–H groups in total. The summed E-state index contributed by atoms with van der Waals surface area (Å²) in [5.74, 6) is 0.554. The normalized spacial score (nSPS) is 11.5. The van der Waals surface area contributed by atoms with Crippen LogP contribution in [0.15, 0.2) is 24.3 Å². The molecule has 0 heterocycles. The van der Waals surface area contributed by atoms with Crippen molar-refractivity contribution in [2.75, 3.05) is 39.5 Å². The maximum atomic E-state index is 12.2. The van der Waals surface area contributed by atoms with Crippen molar-refractivity contribution >= 4 is 15.9 Å². The molecule has 0 spiro atoms. The lowest BCUT2D eigenvalue weighted by Crippen LogP contribution is -2.43. The number of methoxy groups -OCH3 is 1. The van der Waals surface area contributed by atoms with E-state index in [0.717, 1.165) is 17.6 Å². The number of carbonyl (C=O) groups excluding carboxylic acids is 1. The highest BCUT2D eigenvalue weighted by Gasteiger charge is 2.22. The van der Waals surface area contributed by atoms with Crippen LogP contribution in [0.1, 0.15) is 19.4 Å². The number of benzene rings is 1. The van der Waals surface area contributed by atoms with Gasteiger partial charge < -0.3 is 9.64 Å². The fourth-order valence-electron chi connectivity index (χ4n) is 2.27. The van der Waals surface area contributed by atoms with Gasteiger partial charge in [0.2, 0.25) is 15.9 Å². The monoisotopic (exact) mass is 342 g/mol. The second-order valence-corrected chi connectivity index (χ2v) is 7.25. The zero-order valence-corrected chi connectivity index (χ0v) is 15.1. The lowest BCUT2D eigenvalue weighted by atomic mass is 10.1. The maximum absolute atomic E-state index is 12.2. The van der Waals surface area contributed by atoms with Gasteiger partial charge in [-0.2, -0.15) is 4.31 Å². The minimum Gasteiger partial charge on any atom is -0.497 e. The van der Waals surface area contributed by atoms with Crippen LogP contribution in [-0.4, -0.2) is 63.1 Å². The van der Waals surface area contributed by atoms with Crippen LogP contribution in [0.4, 0.5) is 0 Å². The molecule has 0 aliphatic carbocycles. The predicted molar refractivity (Wildman–Crippen MR) is 91.0 cm³/mol. The van der Waals surface area contributed by atoms with Gasteiger partial charge in [0.1, 0.15) is 5.75 Å². The van der Waals surface area contributed by atoms with Gasteiger partial charge in [0.15, 0.2) is 0 Å². The number of hydrogen-bond acceptors (Lipinski definition) is 4. The molecule has 6 nitrogen and oxygen atoms in total. The van der Waals surface area contributed by atoms with E-state index in [9.17, 15) is 13.2 Å². The Morgan fingerprint density at radius 3 is 2.39 bits per heavy atom. The molecule has 0 aliphatic heterocycles. The van der Waals surface area contributed by atoms with Crippen molar-refractivity contribution in [3.05, 3.63) is 29.8 Å². The van der Waals surface area contributed by atoms with E-state index in [-0.39, 0.29) is 19.0 Å². The largest absolute Gasteiger partial charge is 0.497 e. The molecule has 23 heavy (non-hydrogen) atoms. The Morgan fingerprint density at radius 1 is 1.22 bits per heavy atom. The van der Waals surface area contributed by atoms with Gasteiger partial charge in [-0.25, -0.2) is 8.42 Å². The summed E-state index contributed by atoms with van der Waals surface area (Å²) in [5.41, 5.74) is 0.966. The zero-order valence-electron chi connectivity index (χ0n) is 14.3. The average Bonchev–Trinajstić information content (AvgIpc) is 2.51. The summed E-state index contributed by atoms with van der Waals surface area (Å²) in [6, 6.07) is 7.48. The lowest BCUT2D eigenvalue weighted by molar-refractivity contribution is -0.131. The standard InChI is InChI=1S/C16H26N2O4S/c1-5-17(6-2)16(19)13-18(23(4,20)21)11-10-14-8-7-9-15(12-14)22-3/h7-9,12H,5-6,10-11,13H2,1-4H3. The highest BCUT2D eigenvalue weighted by atomic mass is 32.2. The van der Waals surface area contributed by atoms with Gasteiger partial charge in [-0.1, -0.05) is 12.1 Å². The Kier molecular flexibility index (Phi) is 7.51. The molecule has 0 atom stereocenters. The number of carbonyl (C=O) groups is 1. The molecular weight excluding hydrogens is 316 g/mol. The van der Waals surface area contributed by atoms with Gasteiger partial charge in [-0.05, 0) is 38.0 Å². The number of sulfonamides is 1. The molecule has 7 heteroatoms. The van der Waals surface area contributed by atoms with E-state index in [0.29, 0.717) is 19.5 Å². The van der Waals surface area contributed by atoms with Crippen LogP contribution in [0.25, 0.3) is 0 Å². The second-order valence-electron chi connectivity index (χ2n) is 5.26. The topological polar surface area (TPSA) is 66.9 Å². The highest BCUT2D eigenvalue weighted by molar-refractivity contribution is 7.88. The number of likely N-dealkylation sites (N-methyl/N-ethyl adjacent to an activating group) is 1. The van der Waals surface area contributed by atoms with Crippen molar-refractivity contribution in [3.8, 4) is 5.75 Å². The molecule has 1 rings (SSSR count). The maximum Gasteiger partial charge on any atom is 0.237 e. The van der Waals surface area contributed by atoms with E-state index in [4.69, 9.17) is 4.74 Å². The van der Waals surface area contributed by atoms with Crippen LogP contribution in [0, 0.1) is 0 Å². The Morgan fingerprint density at radius 2 is 1.87 bits per heavy atom. The quantitative estimate of drug-likeness (QED) is 0.680. The predicted octanol–water partition coefficient (Wildman–Crippen LogP) is 1.37. The molecule has 130 valence electrons. The molecule has 1 aromatic rings.